The van der Waals surface area contributed by atoms with Crippen molar-refractivity contribution in [2.75, 3.05) is 39.9 Å². The highest BCUT2D eigenvalue weighted by atomic mass is 16.5. The topological polar surface area (TPSA) is 50.6 Å². The highest BCUT2D eigenvalue weighted by Crippen LogP contribution is 2.08. The number of nitrogens with zero attached hydrogens (tertiary/aromatic N) is 4. The first-order valence-corrected chi connectivity index (χ1v) is 7.24. The lowest BCUT2D eigenvalue weighted by atomic mass is 10.3. The van der Waals surface area contributed by atoms with Gasteiger partial charge >= 0.3 is 0 Å². The lowest BCUT2D eigenvalue weighted by molar-refractivity contribution is -0.135. The normalized spacial score (nSPS) is 17.2. The fourth-order valence-electron chi connectivity index (χ4n) is 2.49. The SMILES string of the molecule is CCn1ccc(CN2CCCN(C(=O)COC)CC2)n1. The van der Waals surface area contributed by atoms with Gasteiger partial charge in [-0.1, -0.05) is 0 Å². The molecule has 1 aromatic heterocycles. The zero-order chi connectivity index (χ0) is 14.4. The van der Waals surface area contributed by atoms with Crippen LogP contribution in [0.15, 0.2) is 12.3 Å². The van der Waals surface area contributed by atoms with E-state index in [2.05, 4.69) is 23.0 Å². The van der Waals surface area contributed by atoms with E-state index < -0.39 is 0 Å². The molecule has 2 rings (SSSR count). The van der Waals surface area contributed by atoms with Gasteiger partial charge in [0.05, 0.1) is 5.69 Å². The summed E-state index contributed by atoms with van der Waals surface area (Å²) in [4.78, 5) is 16.1. The molecule has 112 valence electrons. The molecule has 0 radical (unpaired) electrons. The van der Waals surface area contributed by atoms with E-state index in [1.165, 1.54) is 0 Å². The highest BCUT2D eigenvalue weighted by molar-refractivity contribution is 5.77. The number of carbonyl (C=O) groups excluding carboxylic acids is 1. The van der Waals surface area contributed by atoms with Crippen LogP contribution in [-0.4, -0.2) is 65.4 Å². The molecule has 1 amide bonds. The maximum atomic E-state index is 11.8. The largest absolute Gasteiger partial charge is 0.375 e. The second-order valence-electron chi connectivity index (χ2n) is 5.11. The Labute approximate surface area is 120 Å². The predicted octanol–water partition coefficient (Wildman–Crippen LogP) is 0.584. The molecule has 20 heavy (non-hydrogen) atoms. The molecule has 1 fully saturated rings. The van der Waals surface area contributed by atoms with Crippen molar-refractivity contribution in [3.05, 3.63) is 18.0 Å². The molecule has 0 atom stereocenters. The quantitative estimate of drug-likeness (QED) is 0.792. The van der Waals surface area contributed by atoms with Crippen molar-refractivity contribution in [3.8, 4) is 0 Å². The van der Waals surface area contributed by atoms with Crippen LogP contribution in [0.25, 0.3) is 0 Å². The third-order valence-electron chi connectivity index (χ3n) is 3.61. The molecule has 6 nitrogen and oxygen atoms in total. The van der Waals surface area contributed by atoms with E-state index in [-0.39, 0.29) is 12.5 Å². The monoisotopic (exact) mass is 280 g/mol. The summed E-state index contributed by atoms with van der Waals surface area (Å²) in [5, 5.41) is 4.51. The Morgan fingerprint density at radius 3 is 2.90 bits per heavy atom. The maximum absolute atomic E-state index is 11.8. The second kappa shape index (κ2) is 7.40. The van der Waals surface area contributed by atoms with E-state index in [4.69, 9.17) is 4.74 Å². The summed E-state index contributed by atoms with van der Waals surface area (Å²) in [6.07, 6.45) is 3.02. The highest BCUT2D eigenvalue weighted by Gasteiger charge is 2.19. The van der Waals surface area contributed by atoms with Crippen LogP contribution in [-0.2, 0) is 22.6 Å². The van der Waals surface area contributed by atoms with E-state index in [0.717, 1.165) is 51.4 Å². The van der Waals surface area contributed by atoms with Crippen molar-refractivity contribution in [1.29, 1.82) is 0 Å². The van der Waals surface area contributed by atoms with Crippen LogP contribution < -0.4 is 0 Å². The number of hydrogen-bond donors (Lipinski definition) is 0. The number of methoxy groups -OCH3 is 1. The van der Waals surface area contributed by atoms with Crippen LogP contribution in [0.2, 0.25) is 0 Å². The van der Waals surface area contributed by atoms with Gasteiger partial charge in [0.1, 0.15) is 6.61 Å². The molecule has 0 aliphatic carbocycles. The minimum atomic E-state index is 0.0876. The lowest BCUT2D eigenvalue weighted by Gasteiger charge is -2.21. The van der Waals surface area contributed by atoms with Gasteiger partial charge in [-0.05, 0) is 19.4 Å². The Balaban J connectivity index is 1.84. The Hall–Kier alpha value is -1.40. The molecule has 6 heteroatoms. The van der Waals surface area contributed by atoms with E-state index in [0.29, 0.717) is 0 Å². The number of aryl methyl sites for hydroxylation is 1. The van der Waals surface area contributed by atoms with Crippen LogP contribution in [0.3, 0.4) is 0 Å². The summed E-state index contributed by atoms with van der Waals surface area (Å²) in [7, 11) is 1.56. The van der Waals surface area contributed by atoms with Crippen molar-refractivity contribution in [2.45, 2.75) is 26.4 Å². The smallest absolute Gasteiger partial charge is 0.248 e. The van der Waals surface area contributed by atoms with E-state index in [1.807, 2.05) is 15.8 Å². The summed E-state index contributed by atoms with van der Waals surface area (Å²) >= 11 is 0. The Morgan fingerprint density at radius 1 is 1.35 bits per heavy atom. The van der Waals surface area contributed by atoms with Gasteiger partial charge in [-0.3, -0.25) is 14.4 Å². The van der Waals surface area contributed by atoms with Gasteiger partial charge in [0.2, 0.25) is 5.91 Å². The summed E-state index contributed by atoms with van der Waals surface area (Å²) in [6.45, 7) is 7.53. The first kappa shape index (κ1) is 15.0. The number of carbonyl (C=O) groups is 1. The van der Waals surface area contributed by atoms with Crippen molar-refractivity contribution in [3.63, 3.8) is 0 Å². The summed E-state index contributed by atoms with van der Waals surface area (Å²) in [6, 6.07) is 2.07. The standard InChI is InChI=1S/C14H24N4O2/c1-3-18-8-5-13(15-18)11-16-6-4-7-17(10-9-16)14(19)12-20-2/h5,8H,3-4,6-7,9-12H2,1-2H3. The Bertz CT molecular complexity index is 433. The molecule has 0 unspecified atom stereocenters. The maximum Gasteiger partial charge on any atom is 0.248 e. The van der Waals surface area contributed by atoms with Crippen LogP contribution >= 0.6 is 0 Å². The number of rotatable bonds is 5. The van der Waals surface area contributed by atoms with E-state index >= 15 is 0 Å². The van der Waals surface area contributed by atoms with Gasteiger partial charge in [-0.25, -0.2) is 0 Å². The van der Waals surface area contributed by atoms with Crippen molar-refractivity contribution >= 4 is 5.91 Å². The molecule has 0 saturated carbocycles. The Kier molecular flexibility index (Phi) is 5.55. The summed E-state index contributed by atoms with van der Waals surface area (Å²) in [5.41, 5.74) is 1.10. The lowest BCUT2D eigenvalue weighted by Crippen LogP contribution is -2.37. The molecule has 2 heterocycles. The molecule has 0 bridgehead atoms. The molecule has 1 aliphatic heterocycles. The van der Waals surface area contributed by atoms with E-state index in [1.54, 1.807) is 7.11 Å². The number of amides is 1. The molecular weight excluding hydrogens is 256 g/mol. The first-order valence-electron chi connectivity index (χ1n) is 7.24. The summed E-state index contributed by atoms with van der Waals surface area (Å²) < 4.78 is 6.86. The zero-order valence-corrected chi connectivity index (χ0v) is 12.4. The number of hydrogen-bond acceptors (Lipinski definition) is 4. The van der Waals surface area contributed by atoms with Gasteiger partial charge in [0, 0.05) is 52.6 Å². The van der Waals surface area contributed by atoms with Crippen LogP contribution in [0.1, 0.15) is 19.0 Å². The third kappa shape index (κ3) is 4.05. The Morgan fingerprint density at radius 2 is 2.20 bits per heavy atom. The summed E-state index contributed by atoms with van der Waals surface area (Å²) in [5.74, 6) is 0.0876. The minimum Gasteiger partial charge on any atom is -0.375 e. The van der Waals surface area contributed by atoms with Crippen molar-refractivity contribution in [2.24, 2.45) is 0 Å². The van der Waals surface area contributed by atoms with E-state index in [9.17, 15) is 4.79 Å². The average Bonchev–Trinajstić information content (AvgIpc) is 2.76. The van der Waals surface area contributed by atoms with Crippen molar-refractivity contribution in [1.82, 2.24) is 19.6 Å². The van der Waals surface area contributed by atoms with Gasteiger partial charge in [-0.2, -0.15) is 5.10 Å². The zero-order valence-electron chi connectivity index (χ0n) is 12.4. The second-order valence-corrected chi connectivity index (χ2v) is 5.11. The van der Waals surface area contributed by atoms with Crippen molar-refractivity contribution < 1.29 is 9.53 Å². The number of ether oxygens (including phenoxy) is 1. The molecule has 1 aliphatic rings. The van der Waals surface area contributed by atoms with Gasteiger partial charge in [0.15, 0.2) is 0 Å². The van der Waals surface area contributed by atoms with Crippen LogP contribution in [0.4, 0.5) is 0 Å². The van der Waals surface area contributed by atoms with Gasteiger partial charge in [-0.15, -0.1) is 0 Å². The van der Waals surface area contributed by atoms with Crippen LogP contribution in [0.5, 0.6) is 0 Å². The molecule has 0 N–H and O–H groups in total. The number of aromatic nitrogens is 2. The van der Waals surface area contributed by atoms with Crippen LogP contribution in [0, 0.1) is 0 Å². The molecular formula is C14H24N4O2. The molecule has 0 spiro atoms. The van der Waals surface area contributed by atoms with Gasteiger partial charge in [0.25, 0.3) is 0 Å². The predicted molar refractivity (Wildman–Crippen MR) is 76.3 cm³/mol. The minimum absolute atomic E-state index is 0.0876. The average molecular weight is 280 g/mol. The fourth-order valence-corrected chi connectivity index (χ4v) is 2.49. The molecule has 1 saturated heterocycles. The molecule has 1 aromatic rings. The first-order chi connectivity index (χ1) is 9.72. The van der Waals surface area contributed by atoms with Gasteiger partial charge < -0.3 is 9.64 Å². The third-order valence-corrected chi connectivity index (χ3v) is 3.61. The molecule has 0 aromatic carbocycles. The fraction of sp³-hybridized carbons (Fsp3) is 0.714.